The molecule has 0 radical (unpaired) electrons. The van der Waals surface area contributed by atoms with Crippen LogP contribution in [0.4, 0.5) is 0 Å². The van der Waals surface area contributed by atoms with Gasteiger partial charge in [0.15, 0.2) is 5.76 Å². The van der Waals surface area contributed by atoms with Crippen LogP contribution in [0, 0.1) is 0 Å². The van der Waals surface area contributed by atoms with Gasteiger partial charge in [-0.1, -0.05) is 48.5 Å². The molecule has 1 heterocycles. The van der Waals surface area contributed by atoms with Crippen molar-refractivity contribution in [2.45, 2.75) is 25.8 Å². The maximum absolute atomic E-state index is 12.2. The summed E-state index contributed by atoms with van der Waals surface area (Å²) in [5, 5.41) is 3.94. The summed E-state index contributed by atoms with van der Waals surface area (Å²) in [7, 11) is 0. The van der Waals surface area contributed by atoms with Crippen molar-refractivity contribution in [1.29, 1.82) is 0 Å². The predicted octanol–water partition coefficient (Wildman–Crippen LogP) is 4.18. The lowest BCUT2D eigenvalue weighted by Gasteiger charge is -2.12. The van der Waals surface area contributed by atoms with Crippen LogP contribution in [-0.2, 0) is 6.42 Å². The van der Waals surface area contributed by atoms with E-state index in [1.165, 1.54) is 5.56 Å². The molecule has 0 aliphatic carbocycles. The fourth-order valence-corrected chi connectivity index (χ4v) is 2.49. The first-order valence-corrected chi connectivity index (χ1v) is 7.56. The summed E-state index contributed by atoms with van der Waals surface area (Å²) in [5.74, 6) is 0.213. The Bertz CT molecular complexity index is 728. The van der Waals surface area contributed by atoms with Crippen molar-refractivity contribution < 1.29 is 9.21 Å². The largest absolute Gasteiger partial charge is 0.451 e. The van der Waals surface area contributed by atoms with Crippen LogP contribution in [0.3, 0.4) is 0 Å². The molecule has 3 heteroatoms. The van der Waals surface area contributed by atoms with E-state index >= 15 is 0 Å². The van der Waals surface area contributed by atoms with Gasteiger partial charge in [-0.05, 0) is 37.5 Å². The van der Waals surface area contributed by atoms with E-state index in [2.05, 4.69) is 17.4 Å². The Morgan fingerprint density at radius 1 is 1.09 bits per heavy atom. The Hall–Kier alpha value is -2.55. The molecule has 0 unspecified atom stereocenters. The average Bonchev–Trinajstić information content (AvgIpc) is 2.98. The topological polar surface area (TPSA) is 42.2 Å². The minimum atomic E-state index is -0.156. The number of benzene rings is 2. The highest BCUT2D eigenvalue weighted by Crippen LogP contribution is 2.18. The van der Waals surface area contributed by atoms with Crippen molar-refractivity contribution in [3.8, 4) is 0 Å². The highest BCUT2D eigenvalue weighted by molar-refractivity contribution is 5.96. The molecule has 3 rings (SSSR count). The molecule has 1 amide bonds. The molecule has 0 saturated carbocycles. The summed E-state index contributed by atoms with van der Waals surface area (Å²) < 4.78 is 5.58. The van der Waals surface area contributed by atoms with Gasteiger partial charge in [-0.2, -0.15) is 0 Å². The van der Waals surface area contributed by atoms with E-state index < -0.39 is 0 Å². The Morgan fingerprint density at radius 3 is 2.59 bits per heavy atom. The number of hydrogen-bond acceptors (Lipinski definition) is 2. The second-order valence-electron chi connectivity index (χ2n) is 5.55. The molecule has 0 bridgehead atoms. The third-order valence-corrected chi connectivity index (χ3v) is 3.74. The second-order valence-corrected chi connectivity index (χ2v) is 5.55. The molecule has 3 aromatic rings. The number of para-hydroxylation sites is 1. The van der Waals surface area contributed by atoms with Crippen LogP contribution in [-0.4, -0.2) is 11.9 Å². The minimum Gasteiger partial charge on any atom is -0.451 e. The Balaban J connectivity index is 1.58. The van der Waals surface area contributed by atoms with Crippen molar-refractivity contribution in [1.82, 2.24) is 5.32 Å². The molecule has 1 N–H and O–H groups in total. The van der Waals surface area contributed by atoms with E-state index in [1.54, 1.807) is 6.07 Å². The smallest absolute Gasteiger partial charge is 0.287 e. The maximum Gasteiger partial charge on any atom is 0.287 e. The van der Waals surface area contributed by atoms with E-state index in [0.717, 1.165) is 23.8 Å². The van der Waals surface area contributed by atoms with Crippen LogP contribution in [0.2, 0.25) is 0 Å². The first-order valence-electron chi connectivity index (χ1n) is 7.56. The van der Waals surface area contributed by atoms with E-state index in [9.17, 15) is 4.79 Å². The van der Waals surface area contributed by atoms with E-state index in [1.807, 2.05) is 49.4 Å². The third kappa shape index (κ3) is 3.37. The summed E-state index contributed by atoms with van der Waals surface area (Å²) in [4.78, 5) is 12.2. The zero-order valence-corrected chi connectivity index (χ0v) is 12.6. The van der Waals surface area contributed by atoms with Crippen LogP contribution in [0.5, 0.6) is 0 Å². The van der Waals surface area contributed by atoms with Gasteiger partial charge in [0.1, 0.15) is 5.58 Å². The van der Waals surface area contributed by atoms with Crippen molar-refractivity contribution in [2.24, 2.45) is 0 Å². The molecule has 0 saturated heterocycles. The van der Waals surface area contributed by atoms with Crippen molar-refractivity contribution in [3.05, 3.63) is 72.0 Å². The summed E-state index contributed by atoms with van der Waals surface area (Å²) in [6.07, 6.45) is 1.85. The number of hydrogen-bond donors (Lipinski definition) is 1. The Morgan fingerprint density at radius 2 is 1.82 bits per heavy atom. The minimum absolute atomic E-state index is 0.0981. The molecule has 0 fully saturated rings. The van der Waals surface area contributed by atoms with E-state index in [-0.39, 0.29) is 11.9 Å². The highest BCUT2D eigenvalue weighted by atomic mass is 16.3. The van der Waals surface area contributed by atoms with Crippen LogP contribution in [0.15, 0.2) is 65.1 Å². The molecular weight excluding hydrogens is 274 g/mol. The summed E-state index contributed by atoms with van der Waals surface area (Å²) in [6, 6.07) is 19.8. The predicted molar refractivity (Wildman–Crippen MR) is 87.9 cm³/mol. The van der Waals surface area contributed by atoms with Gasteiger partial charge in [0.25, 0.3) is 5.91 Å². The molecule has 112 valence electrons. The first kappa shape index (κ1) is 14.4. The van der Waals surface area contributed by atoms with E-state index in [4.69, 9.17) is 4.42 Å². The normalized spacial score (nSPS) is 12.2. The van der Waals surface area contributed by atoms with Gasteiger partial charge in [-0.15, -0.1) is 0 Å². The fraction of sp³-hybridized carbons (Fsp3) is 0.211. The lowest BCUT2D eigenvalue weighted by molar-refractivity contribution is 0.0912. The van der Waals surface area contributed by atoms with Crippen molar-refractivity contribution >= 4 is 16.9 Å². The Labute approximate surface area is 130 Å². The molecule has 22 heavy (non-hydrogen) atoms. The molecule has 1 aromatic heterocycles. The number of fused-ring (bicyclic) bond motifs is 1. The number of amides is 1. The van der Waals surface area contributed by atoms with Crippen LogP contribution in [0.1, 0.15) is 29.5 Å². The zero-order chi connectivity index (χ0) is 15.4. The summed E-state index contributed by atoms with van der Waals surface area (Å²) in [5.41, 5.74) is 2.02. The van der Waals surface area contributed by atoms with Gasteiger partial charge in [-0.25, -0.2) is 0 Å². The van der Waals surface area contributed by atoms with Gasteiger partial charge in [0.2, 0.25) is 0 Å². The molecule has 0 aliphatic heterocycles. The number of carbonyl (C=O) groups excluding carboxylic acids is 1. The maximum atomic E-state index is 12.2. The molecule has 0 spiro atoms. The van der Waals surface area contributed by atoms with Crippen LogP contribution < -0.4 is 5.32 Å². The lowest BCUT2D eigenvalue weighted by Crippen LogP contribution is -2.32. The molecule has 2 aromatic carbocycles. The summed E-state index contributed by atoms with van der Waals surface area (Å²) >= 11 is 0. The molecular formula is C19H19NO2. The highest BCUT2D eigenvalue weighted by Gasteiger charge is 2.14. The number of rotatable bonds is 5. The van der Waals surface area contributed by atoms with Crippen molar-refractivity contribution in [2.75, 3.05) is 0 Å². The summed E-state index contributed by atoms with van der Waals surface area (Å²) in [6.45, 7) is 2.02. The first-order chi connectivity index (χ1) is 10.7. The second kappa shape index (κ2) is 6.48. The fourth-order valence-electron chi connectivity index (χ4n) is 2.49. The van der Waals surface area contributed by atoms with Gasteiger partial charge < -0.3 is 9.73 Å². The average molecular weight is 293 g/mol. The lowest BCUT2D eigenvalue weighted by atomic mass is 10.1. The van der Waals surface area contributed by atoms with Gasteiger partial charge in [0.05, 0.1) is 0 Å². The van der Waals surface area contributed by atoms with Crippen LogP contribution >= 0.6 is 0 Å². The molecule has 1 atom stereocenters. The van der Waals surface area contributed by atoms with Gasteiger partial charge in [0, 0.05) is 11.4 Å². The van der Waals surface area contributed by atoms with E-state index in [0.29, 0.717) is 5.76 Å². The standard InChI is InChI=1S/C19H19NO2/c1-14(11-12-15-7-3-2-4-8-15)20-19(21)18-13-16-9-5-6-10-17(16)22-18/h2-10,13-14H,11-12H2,1H3,(H,20,21)/t14-/m0/s1. The van der Waals surface area contributed by atoms with Gasteiger partial charge >= 0.3 is 0 Å². The SMILES string of the molecule is C[C@@H](CCc1ccccc1)NC(=O)c1cc2ccccc2o1. The Kier molecular flexibility index (Phi) is 4.24. The van der Waals surface area contributed by atoms with Crippen LogP contribution in [0.25, 0.3) is 11.0 Å². The third-order valence-electron chi connectivity index (χ3n) is 3.74. The number of furan rings is 1. The van der Waals surface area contributed by atoms with Crippen molar-refractivity contribution in [3.63, 3.8) is 0 Å². The monoisotopic (exact) mass is 293 g/mol. The molecule has 3 nitrogen and oxygen atoms in total. The number of aryl methyl sites for hydroxylation is 1. The quantitative estimate of drug-likeness (QED) is 0.766. The number of nitrogens with one attached hydrogen (secondary N) is 1. The molecule has 0 aliphatic rings. The zero-order valence-electron chi connectivity index (χ0n) is 12.6. The number of carbonyl (C=O) groups is 1. The van der Waals surface area contributed by atoms with Gasteiger partial charge in [-0.3, -0.25) is 4.79 Å².